The van der Waals surface area contributed by atoms with Crippen molar-refractivity contribution in [1.82, 2.24) is 5.32 Å². The van der Waals surface area contributed by atoms with E-state index in [4.69, 9.17) is 4.74 Å². The lowest BCUT2D eigenvalue weighted by Gasteiger charge is -2.08. The van der Waals surface area contributed by atoms with Gasteiger partial charge in [0.1, 0.15) is 5.75 Å². The van der Waals surface area contributed by atoms with Crippen LogP contribution in [0, 0.1) is 0 Å². The minimum atomic E-state index is 0.832. The number of rotatable bonds is 5. The third-order valence-corrected chi connectivity index (χ3v) is 4.23. The van der Waals surface area contributed by atoms with Gasteiger partial charge in [-0.25, -0.2) is 0 Å². The van der Waals surface area contributed by atoms with Gasteiger partial charge in [0.25, 0.3) is 0 Å². The molecule has 1 aliphatic rings. The van der Waals surface area contributed by atoms with Crippen molar-refractivity contribution in [3.8, 4) is 5.75 Å². The smallest absolute Gasteiger partial charge is 0.118 e. The monoisotopic (exact) mass is 237 g/mol. The Labute approximate surface area is 102 Å². The number of nitrogens with one attached hydrogen (secondary N) is 1. The van der Waals surface area contributed by atoms with Gasteiger partial charge in [-0.1, -0.05) is 12.1 Å². The Bertz CT molecular complexity index is 306. The van der Waals surface area contributed by atoms with Gasteiger partial charge in [0.15, 0.2) is 0 Å². The number of hydrogen-bond donors (Lipinski definition) is 1. The molecule has 0 bridgehead atoms. The molecule has 1 fully saturated rings. The van der Waals surface area contributed by atoms with Gasteiger partial charge in [0.05, 0.1) is 7.11 Å². The molecule has 1 aliphatic heterocycles. The molecule has 0 radical (unpaired) electrons. The first-order chi connectivity index (χ1) is 7.88. The lowest BCUT2D eigenvalue weighted by molar-refractivity contribution is 0.414. The summed E-state index contributed by atoms with van der Waals surface area (Å²) in [5.41, 5.74) is 1.40. The van der Waals surface area contributed by atoms with Crippen molar-refractivity contribution >= 4 is 11.8 Å². The quantitative estimate of drug-likeness (QED) is 0.849. The number of aryl methyl sites for hydroxylation is 1. The summed E-state index contributed by atoms with van der Waals surface area (Å²) in [6.45, 7) is 2.38. The average Bonchev–Trinajstić information content (AvgIpc) is 2.83. The zero-order valence-electron chi connectivity index (χ0n) is 9.74. The van der Waals surface area contributed by atoms with Gasteiger partial charge in [-0.3, -0.25) is 0 Å². The molecule has 0 aliphatic carbocycles. The highest BCUT2D eigenvalue weighted by molar-refractivity contribution is 7.99. The molecule has 1 atom stereocenters. The Morgan fingerprint density at radius 3 is 2.81 bits per heavy atom. The standard InChI is InChI=1S/C13H19NOS/c1-15-12-4-2-11(3-5-12)7-9-16-13-6-8-14-10-13/h2-5,13-14H,6-10H2,1H3. The maximum atomic E-state index is 5.14. The van der Waals surface area contributed by atoms with Crippen LogP contribution in [0.25, 0.3) is 0 Å². The van der Waals surface area contributed by atoms with Crippen molar-refractivity contribution in [2.45, 2.75) is 18.1 Å². The van der Waals surface area contributed by atoms with Crippen molar-refractivity contribution in [3.05, 3.63) is 29.8 Å². The summed E-state index contributed by atoms with van der Waals surface area (Å²) in [6.07, 6.45) is 2.48. The Morgan fingerprint density at radius 2 is 2.19 bits per heavy atom. The third kappa shape index (κ3) is 3.42. The first-order valence-corrected chi connectivity index (χ1v) is 6.88. The van der Waals surface area contributed by atoms with Crippen LogP contribution in [0.1, 0.15) is 12.0 Å². The van der Waals surface area contributed by atoms with Crippen LogP contribution in [-0.4, -0.2) is 31.2 Å². The van der Waals surface area contributed by atoms with E-state index in [0.29, 0.717) is 0 Å². The van der Waals surface area contributed by atoms with E-state index in [1.54, 1.807) is 7.11 Å². The number of hydrogen-bond acceptors (Lipinski definition) is 3. The van der Waals surface area contributed by atoms with E-state index < -0.39 is 0 Å². The van der Waals surface area contributed by atoms with E-state index in [0.717, 1.165) is 17.4 Å². The predicted octanol–water partition coefficient (Wildman–Crippen LogP) is 2.33. The highest BCUT2D eigenvalue weighted by Crippen LogP contribution is 2.19. The minimum absolute atomic E-state index is 0.832. The Kier molecular flexibility index (Phi) is 4.55. The molecule has 2 rings (SSSR count). The van der Waals surface area contributed by atoms with E-state index >= 15 is 0 Å². The van der Waals surface area contributed by atoms with Crippen LogP contribution in [0.4, 0.5) is 0 Å². The first kappa shape index (κ1) is 11.8. The zero-order valence-corrected chi connectivity index (χ0v) is 10.6. The van der Waals surface area contributed by atoms with Crippen molar-refractivity contribution in [3.63, 3.8) is 0 Å². The predicted molar refractivity (Wildman–Crippen MR) is 70.4 cm³/mol. The Morgan fingerprint density at radius 1 is 1.38 bits per heavy atom. The molecular formula is C13H19NOS. The number of thioether (sulfide) groups is 1. The van der Waals surface area contributed by atoms with Crippen LogP contribution in [-0.2, 0) is 6.42 Å². The molecule has 88 valence electrons. The highest BCUT2D eigenvalue weighted by atomic mass is 32.2. The van der Waals surface area contributed by atoms with Gasteiger partial charge in [-0.05, 0) is 42.8 Å². The molecule has 2 nitrogen and oxygen atoms in total. The van der Waals surface area contributed by atoms with Crippen LogP contribution in [0.15, 0.2) is 24.3 Å². The van der Waals surface area contributed by atoms with Crippen molar-refractivity contribution in [1.29, 1.82) is 0 Å². The molecule has 1 N–H and O–H groups in total. The summed E-state index contributed by atoms with van der Waals surface area (Å²) in [5, 5.41) is 4.23. The summed E-state index contributed by atoms with van der Waals surface area (Å²) in [6, 6.07) is 8.40. The molecule has 1 heterocycles. The van der Waals surface area contributed by atoms with Gasteiger partial charge >= 0.3 is 0 Å². The second-order valence-corrected chi connectivity index (χ2v) is 5.49. The number of ether oxygens (including phenoxy) is 1. The summed E-state index contributed by atoms with van der Waals surface area (Å²) in [4.78, 5) is 0. The lowest BCUT2D eigenvalue weighted by Crippen LogP contribution is -2.10. The van der Waals surface area contributed by atoms with Gasteiger partial charge < -0.3 is 10.1 Å². The van der Waals surface area contributed by atoms with E-state index in [2.05, 4.69) is 29.2 Å². The second-order valence-electron chi connectivity index (χ2n) is 4.08. The molecule has 1 saturated heterocycles. The molecule has 1 aromatic rings. The van der Waals surface area contributed by atoms with Crippen LogP contribution in [0.3, 0.4) is 0 Å². The largest absolute Gasteiger partial charge is 0.497 e. The van der Waals surface area contributed by atoms with Crippen LogP contribution < -0.4 is 10.1 Å². The summed E-state index contributed by atoms with van der Waals surface area (Å²) >= 11 is 2.10. The van der Waals surface area contributed by atoms with Gasteiger partial charge in [-0.15, -0.1) is 0 Å². The van der Waals surface area contributed by atoms with Crippen molar-refractivity contribution < 1.29 is 4.74 Å². The molecule has 1 aromatic carbocycles. The molecule has 16 heavy (non-hydrogen) atoms. The van der Waals surface area contributed by atoms with Gasteiger partial charge in [-0.2, -0.15) is 11.8 Å². The maximum Gasteiger partial charge on any atom is 0.118 e. The summed E-state index contributed by atoms with van der Waals surface area (Å²) < 4.78 is 5.14. The molecule has 0 aromatic heterocycles. The maximum absolute atomic E-state index is 5.14. The van der Waals surface area contributed by atoms with Crippen LogP contribution in [0.2, 0.25) is 0 Å². The molecule has 0 saturated carbocycles. The fourth-order valence-corrected chi connectivity index (χ4v) is 3.11. The topological polar surface area (TPSA) is 21.3 Å². The number of methoxy groups -OCH3 is 1. The molecular weight excluding hydrogens is 218 g/mol. The van der Waals surface area contributed by atoms with E-state index in [9.17, 15) is 0 Å². The van der Waals surface area contributed by atoms with E-state index in [1.807, 2.05) is 12.1 Å². The molecule has 3 heteroatoms. The zero-order chi connectivity index (χ0) is 11.2. The average molecular weight is 237 g/mol. The molecule has 0 amide bonds. The first-order valence-electron chi connectivity index (χ1n) is 5.84. The molecule has 0 spiro atoms. The lowest BCUT2D eigenvalue weighted by atomic mass is 10.2. The summed E-state index contributed by atoms with van der Waals surface area (Å²) in [7, 11) is 1.71. The SMILES string of the molecule is COc1ccc(CCSC2CCNC2)cc1. The van der Waals surface area contributed by atoms with Crippen molar-refractivity contribution in [2.75, 3.05) is 26.0 Å². The fraction of sp³-hybridized carbons (Fsp3) is 0.538. The minimum Gasteiger partial charge on any atom is -0.497 e. The van der Waals surface area contributed by atoms with E-state index in [1.165, 1.54) is 30.8 Å². The third-order valence-electron chi connectivity index (χ3n) is 2.92. The van der Waals surface area contributed by atoms with Crippen LogP contribution in [0.5, 0.6) is 5.75 Å². The van der Waals surface area contributed by atoms with Gasteiger partial charge in [0, 0.05) is 11.8 Å². The number of benzene rings is 1. The van der Waals surface area contributed by atoms with Crippen LogP contribution >= 0.6 is 11.8 Å². The highest BCUT2D eigenvalue weighted by Gasteiger charge is 2.13. The van der Waals surface area contributed by atoms with Gasteiger partial charge in [0.2, 0.25) is 0 Å². The van der Waals surface area contributed by atoms with E-state index in [-0.39, 0.29) is 0 Å². The summed E-state index contributed by atoms with van der Waals surface area (Å²) in [5.74, 6) is 2.16. The molecule has 1 unspecified atom stereocenters. The normalized spacial score (nSPS) is 19.9. The fourth-order valence-electron chi connectivity index (χ4n) is 1.91. The Hall–Kier alpha value is -0.670. The second kappa shape index (κ2) is 6.16. The Balaban J connectivity index is 1.71. The van der Waals surface area contributed by atoms with Crippen molar-refractivity contribution in [2.24, 2.45) is 0 Å².